The highest BCUT2D eigenvalue weighted by Gasteiger charge is 2.14. The minimum absolute atomic E-state index is 0.342. The Morgan fingerprint density at radius 2 is 1.84 bits per heavy atom. The minimum atomic E-state index is -0.381. The molecule has 3 nitrogen and oxygen atoms in total. The Balaban J connectivity index is 2.03. The van der Waals surface area contributed by atoms with Crippen LogP contribution in [0.25, 0.3) is 17.0 Å². The number of carbonyl (C=O) groups is 1. The Hall–Kier alpha value is -2.23. The van der Waals surface area contributed by atoms with Gasteiger partial charge >= 0.3 is 5.97 Å². The summed E-state index contributed by atoms with van der Waals surface area (Å²) in [7, 11) is 0. The van der Waals surface area contributed by atoms with Crippen LogP contribution in [0.2, 0.25) is 10.2 Å². The van der Waals surface area contributed by atoms with Crippen LogP contribution >= 0.6 is 23.2 Å². The van der Waals surface area contributed by atoms with E-state index in [1.807, 2.05) is 53.1 Å². The van der Waals surface area contributed by atoms with Crippen molar-refractivity contribution in [3.05, 3.63) is 75.9 Å². The fraction of sp³-hybridized carbons (Fsp3) is 0.150. The summed E-state index contributed by atoms with van der Waals surface area (Å²) >= 11 is 12.6. The summed E-state index contributed by atoms with van der Waals surface area (Å²) in [5.74, 6) is -0.381. The molecule has 3 aromatic rings. The second kappa shape index (κ2) is 7.77. The monoisotopic (exact) mass is 373 g/mol. The van der Waals surface area contributed by atoms with Crippen molar-refractivity contribution in [2.45, 2.75) is 13.5 Å². The first kappa shape index (κ1) is 17.6. The van der Waals surface area contributed by atoms with Gasteiger partial charge in [0.2, 0.25) is 0 Å². The predicted octanol–water partition coefficient (Wildman–Crippen LogP) is 5.57. The van der Waals surface area contributed by atoms with E-state index >= 15 is 0 Å². The Morgan fingerprint density at radius 1 is 1.12 bits per heavy atom. The Labute approximate surface area is 156 Å². The molecule has 0 N–H and O–H groups in total. The molecule has 0 bridgehead atoms. The van der Waals surface area contributed by atoms with Crippen molar-refractivity contribution in [2.75, 3.05) is 6.61 Å². The van der Waals surface area contributed by atoms with E-state index in [4.69, 9.17) is 27.9 Å². The molecule has 0 spiro atoms. The van der Waals surface area contributed by atoms with Gasteiger partial charge in [0.05, 0.1) is 12.1 Å². The maximum Gasteiger partial charge on any atom is 0.330 e. The number of esters is 1. The molecule has 0 unspecified atom stereocenters. The van der Waals surface area contributed by atoms with Gasteiger partial charge in [0.25, 0.3) is 0 Å². The zero-order valence-corrected chi connectivity index (χ0v) is 15.2. The van der Waals surface area contributed by atoms with Crippen LogP contribution < -0.4 is 0 Å². The second-order valence-electron chi connectivity index (χ2n) is 5.52. The number of nitrogens with zero attached hydrogens (tertiary/aromatic N) is 1. The lowest BCUT2D eigenvalue weighted by Crippen LogP contribution is -2.00. The first-order chi connectivity index (χ1) is 12.1. The van der Waals surface area contributed by atoms with Gasteiger partial charge in [-0.3, -0.25) is 0 Å². The molecule has 128 valence electrons. The first-order valence-corrected chi connectivity index (χ1v) is 8.71. The van der Waals surface area contributed by atoms with Crippen LogP contribution in [-0.2, 0) is 16.1 Å². The quantitative estimate of drug-likeness (QED) is 0.432. The highest BCUT2D eigenvalue weighted by atomic mass is 35.5. The molecule has 2 aromatic carbocycles. The summed E-state index contributed by atoms with van der Waals surface area (Å²) in [6.07, 6.45) is 3.12. The van der Waals surface area contributed by atoms with Crippen molar-refractivity contribution >= 4 is 46.2 Å². The summed E-state index contributed by atoms with van der Waals surface area (Å²) < 4.78 is 6.96. The molecule has 0 aliphatic carbocycles. The third-order valence-electron chi connectivity index (χ3n) is 3.87. The maximum absolute atomic E-state index is 11.6. The van der Waals surface area contributed by atoms with Gasteiger partial charge in [-0.2, -0.15) is 0 Å². The van der Waals surface area contributed by atoms with Crippen molar-refractivity contribution in [1.82, 2.24) is 4.57 Å². The Bertz CT molecular complexity index is 927. The number of ether oxygens (including phenoxy) is 1. The van der Waals surface area contributed by atoms with E-state index in [1.54, 1.807) is 13.0 Å². The number of hydrogen-bond acceptors (Lipinski definition) is 2. The van der Waals surface area contributed by atoms with E-state index in [0.717, 1.165) is 22.0 Å². The van der Waals surface area contributed by atoms with E-state index in [-0.39, 0.29) is 5.97 Å². The number of benzene rings is 2. The van der Waals surface area contributed by atoms with Crippen LogP contribution in [0, 0.1) is 0 Å². The van der Waals surface area contributed by atoms with E-state index in [9.17, 15) is 4.79 Å². The number of hydrogen-bond donors (Lipinski definition) is 0. The second-order valence-corrected chi connectivity index (χ2v) is 6.31. The number of rotatable bonds is 5. The lowest BCUT2D eigenvalue weighted by molar-refractivity contribution is -0.137. The van der Waals surface area contributed by atoms with E-state index in [0.29, 0.717) is 23.3 Å². The lowest BCUT2D eigenvalue weighted by Gasteiger charge is -2.07. The molecular formula is C20H17Cl2NO2. The molecule has 0 saturated carbocycles. The average Bonchev–Trinajstić information content (AvgIpc) is 2.87. The highest BCUT2D eigenvalue weighted by Crippen LogP contribution is 2.32. The van der Waals surface area contributed by atoms with Gasteiger partial charge in [-0.25, -0.2) is 4.79 Å². The minimum Gasteiger partial charge on any atom is -0.463 e. The van der Waals surface area contributed by atoms with Crippen LogP contribution in [0.3, 0.4) is 0 Å². The van der Waals surface area contributed by atoms with Gasteiger partial charge in [0.1, 0.15) is 5.15 Å². The van der Waals surface area contributed by atoms with Crippen LogP contribution in [0.5, 0.6) is 0 Å². The molecule has 0 aliphatic rings. The summed E-state index contributed by atoms with van der Waals surface area (Å²) in [4.78, 5) is 11.6. The largest absolute Gasteiger partial charge is 0.463 e. The standard InChI is InChI=1S/C20H17Cl2NO2/c1-2-25-19(24)12-11-17-16-5-3-4-6-18(16)23(20(17)22)13-14-7-9-15(21)10-8-14/h3-12H,2,13H2,1H3/b12-11+. The number of aromatic nitrogens is 1. The van der Waals surface area contributed by atoms with Crippen molar-refractivity contribution in [1.29, 1.82) is 0 Å². The van der Waals surface area contributed by atoms with Crippen molar-refractivity contribution < 1.29 is 9.53 Å². The van der Waals surface area contributed by atoms with Gasteiger partial charge in [-0.05, 0) is 36.8 Å². The van der Waals surface area contributed by atoms with Crippen LogP contribution in [-0.4, -0.2) is 17.1 Å². The number of para-hydroxylation sites is 1. The van der Waals surface area contributed by atoms with Crippen molar-refractivity contribution in [2.24, 2.45) is 0 Å². The third kappa shape index (κ3) is 3.89. The molecule has 3 rings (SSSR count). The molecule has 0 fully saturated rings. The maximum atomic E-state index is 11.6. The van der Waals surface area contributed by atoms with Gasteiger partial charge in [0.15, 0.2) is 0 Å². The van der Waals surface area contributed by atoms with E-state index < -0.39 is 0 Å². The van der Waals surface area contributed by atoms with Gasteiger partial charge < -0.3 is 9.30 Å². The fourth-order valence-corrected chi connectivity index (χ4v) is 3.17. The molecule has 5 heteroatoms. The molecule has 25 heavy (non-hydrogen) atoms. The molecule has 0 aliphatic heterocycles. The lowest BCUT2D eigenvalue weighted by atomic mass is 10.1. The summed E-state index contributed by atoms with van der Waals surface area (Å²) in [5.41, 5.74) is 2.90. The smallest absolute Gasteiger partial charge is 0.330 e. The fourth-order valence-electron chi connectivity index (χ4n) is 2.73. The highest BCUT2D eigenvalue weighted by molar-refractivity contribution is 6.33. The van der Waals surface area contributed by atoms with Gasteiger partial charge in [-0.15, -0.1) is 0 Å². The van der Waals surface area contributed by atoms with E-state index in [2.05, 4.69) is 0 Å². The molecule has 1 heterocycles. The predicted molar refractivity (Wildman–Crippen MR) is 103 cm³/mol. The Kier molecular flexibility index (Phi) is 5.47. The molecule has 0 saturated heterocycles. The molecule has 1 aromatic heterocycles. The molecule has 0 atom stereocenters. The Morgan fingerprint density at radius 3 is 2.56 bits per heavy atom. The number of carbonyl (C=O) groups excluding carboxylic acids is 1. The normalized spacial score (nSPS) is 11.3. The summed E-state index contributed by atoms with van der Waals surface area (Å²) in [5, 5.41) is 2.27. The SMILES string of the molecule is CCOC(=O)/C=C/c1c(Cl)n(Cc2ccc(Cl)cc2)c2ccccc12. The topological polar surface area (TPSA) is 31.2 Å². The zero-order valence-electron chi connectivity index (χ0n) is 13.7. The third-order valence-corrected chi connectivity index (χ3v) is 4.53. The van der Waals surface area contributed by atoms with Gasteiger partial charge in [-0.1, -0.05) is 53.5 Å². The van der Waals surface area contributed by atoms with Gasteiger partial charge in [0, 0.05) is 28.6 Å². The first-order valence-electron chi connectivity index (χ1n) is 7.96. The summed E-state index contributed by atoms with van der Waals surface area (Å²) in [6.45, 7) is 2.73. The summed E-state index contributed by atoms with van der Waals surface area (Å²) in [6, 6.07) is 15.6. The van der Waals surface area contributed by atoms with Crippen molar-refractivity contribution in [3.8, 4) is 0 Å². The van der Waals surface area contributed by atoms with E-state index in [1.165, 1.54) is 6.08 Å². The van der Waals surface area contributed by atoms with Crippen LogP contribution in [0.15, 0.2) is 54.6 Å². The molecule has 0 amide bonds. The molecule has 0 radical (unpaired) electrons. The molecular weight excluding hydrogens is 357 g/mol. The number of halogens is 2. The zero-order chi connectivity index (χ0) is 17.8. The van der Waals surface area contributed by atoms with Crippen LogP contribution in [0.1, 0.15) is 18.1 Å². The van der Waals surface area contributed by atoms with Crippen LogP contribution in [0.4, 0.5) is 0 Å². The number of fused-ring (bicyclic) bond motifs is 1. The van der Waals surface area contributed by atoms with Crippen molar-refractivity contribution in [3.63, 3.8) is 0 Å². The average molecular weight is 374 g/mol.